The molecule has 2 amide bonds. The van der Waals surface area contributed by atoms with E-state index in [2.05, 4.69) is 30.6 Å². The molecular weight excluding hydrogens is 701 g/mol. The number of carboxylic acids is 2. The number of amides is 2. The van der Waals surface area contributed by atoms with Crippen LogP contribution in [0.1, 0.15) is 96.5 Å². The van der Waals surface area contributed by atoms with Gasteiger partial charge in [0.05, 0.1) is 34.3 Å². The number of aromatic nitrogens is 4. The van der Waals surface area contributed by atoms with Crippen LogP contribution in [0.25, 0.3) is 0 Å². The topological polar surface area (TPSA) is 220 Å². The van der Waals surface area contributed by atoms with E-state index >= 15 is 0 Å². The van der Waals surface area contributed by atoms with Crippen molar-refractivity contribution in [1.29, 1.82) is 0 Å². The molecule has 1 saturated carbocycles. The van der Waals surface area contributed by atoms with E-state index in [1.54, 1.807) is 0 Å². The first-order chi connectivity index (χ1) is 23.7. The number of nitrogens with one attached hydrogen (secondary N) is 2. The van der Waals surface area contributed by atoms with E-state index in [9.17, 15) is 34.2 Å². The first kappa shape index (κ1) is 41.4. The Morgan fingerprint density at radius 2 is 1.12 bits per heavy atom. The van der Waals surface area contributed by atoms with Crippen LogP contribution in [0.5, 0.6) is 11.8 Å². The fourth-order valence-corrected chi connectivity index (χ4v) is 8.32. The first-order valence-electron chi connectivity index (χ1n) is 16.5. The van der Waals surface area contributed by atoms with E-state index in [0.717, 1.165) is 0 Å². The molecule has 15 nitrogen and oxygen atoms in total. The maximum Gasteiger partial charge on any atom is 0.327 e. The van der Waals surface area contributed by atoms with Crippen molar-refractivity contribution in [1.82, 2.24) is 30.6 Å². The van der Waals surface area contributed by atoms with E-state index in [4.69, 9.17) is 9.47 Å². The minimum absolute atomic E-state index is 0.0626. The molecule has 0 aromatic carbocycles. The third-order valence-electron chi connectivity index (χ3n) is 7.39. The molecule has 1 fully saturated rings. The Labute approximate surface area is 306 Å². The molecule has 2 heterocycles. The van der Waals surface area contributed by atoms with Gasteiger partial charge in [-0.3, -0.25) is 24.4 Å². The molecular formula is C34H48N6O9S2. The monoisotopic (exact) mass is 748 g/mol. The smallest absolute Gasteiger partial charge is 0.327 e. The lowest BCUT2D eigenvalue weighted by Crippen LogP contribution is -2.42. The van der Waals surface area contributed by atoms with Crippen LogP contribution in [0.4, 0.5) is 0 Å². The number of hydrogen-bond acceptors (Lipinski definition) is 13. The van der Waals surface area contributed by atoms with Crippen molar-refractivity contribution >= 4 is 53.1 Å². The number of aliphatic carboxylic acids is 2. The number of carbonyl (C=O) groups is 5. The number of Topliss-reactive ketones (excluding diaryl/α,β-unsaturated/α-hetero) is 1. The zero-order valence-corrected chi connectivity index (χ0v) is 31.8. The second-order valence-electron chi connectivity index (χ2n) is 14.2. The SMILES string of the molecule is CC(=O)NC(CSC(c1cncc(OC(C)(C)C)n1)C1CCCC(C(SCC(NC(C)=O)C(=O)O)c2cncc(OC(C)(C)C)n2)C1=O)C(=O)O. The van der Waals surface area contributed by atoms with Crippen LogP contribution >= 0.6 is 23.5 Å². The molecule has 6 unspecified atom stereocenters. The largest absolute Gasteiger partial charge is 0.480 e. The molecule has 3 rings (SSSR count). The predicted molar refractivity (Wildman–Crippen MR) is 192 cm³/mol. The van der Waals surface area contributed by atoms with Crippen molar-refractivity contribution in [3.63, 3.8) is 0 Å². The van der Waals surface area contributed by atoms with E-state index in [0.29, 0.717) is 30.7 Å². The lowest BCUT2D eigenvalue weighted by molar-refractivity contribution is -0.141. The van der Waals surface area contributed by atoms with Crippen molar-refractivity contribution in [3.8, 4) is 11.8 Å². The van der Waals surface area contributed by atoms with Crippen molar-refractivity contribution < 1.29 is 43.7 Å². The van der Waals surface area contributed by atoms with Crippen LogP contribution in [0.2, 0.25) is 0 Å². The Morgan fingerprint density at radius 3 is 1.43 bits per heavy atom. The van der Waals surface area contributed by atoms with Crippen LogP contribution in [0, 0.1) is 11.8 Å². The van der Waals surface area contributed by atoms with Gasteiger partial charge in [0.1, 0.15) is 29.1 Å². The standard InChI is InChI=1S/C34H48N6O9S2/c1-18(41)37-24(31(44)45)16-50-29(22-12-35-14-26(39-22)48-33(3,4)5)20-10-9-11-21(28(20)43)30(51-17-25(32(46)47)38-19(2)42)23-13-36-15-27(40-23)49-34(6,7)8/h12-15,20-21,24-25,29-30H,9-11,16-17H2,1-8H3,(H,37,41)(H,38,42)(H,44,45)(H,46,47). The van der Waals surface area contributed by atoms with Crippen LogP contribution in [-0.4, -0.2) is 94.5 Å². The van der Waals surface area contributed by atoms with Gasteiger partial charge < -0.3 is 30.3 Å². The van der Waals surface area contributed by atoms with Gasteiger partial charge in [0, 0.05) is 49.6 Å². The maximum atomic E-state index is 14.7. The van der Waals surface area contributed by atoms with Crippen LogP contribution in [-0.2, 0) is 24.0 Å². The lowest BCUT2D eigenvalue weighted by Gasteiger charge is -2.36. The highest BCUT2D eigenvalue weighted by Crippen LogP contribution is 2.48. The molecule has 4 N–H and O–H groups in total. The number of thioether (sulfide) groups is 2. The summed E-state index contributed by atoms with van der Waals surface area (Å²) in [4.78, 5) is 80.5. The van der Waals surface area contributed by atoms with Crippen molar-refractivity contribution in [3.05, 3.63) is 36.2 Å². The number of ether oxygens (including phenoxy) is 2. The number of ketones is 1. The zero-order chi connectivity index (χ0) is 38.1. The van der Waals surface area contributed by atoms with Gasteiger partial charge in [0.2, 0.25) is 23.6 Å². The van der Waals surface area contributed by atoms with Gasteiger partial charge in [-0.2, -0.15) is 0 Å². The first-order valence-corrected chi connectivity index (χ1v) is 18.6. The number of nitrogens with zero attached hydrogens (tertiary/aromatic N) is 4. The van der Waals surface area contributed by atoms with Crippen molar-refractivity contribution in [2.45, 2.75) is 108 Å². The molecule has 17 heteroatoms. The Balaban J connectivity index is 2.07. The number of rotatable bonds is 16. The average molecular weight is 749 g/mol. The molecule has 0 saturated heterocycles. The summed E-state index contributed by atoms with van der Waals surface area (Å²) in [6.45, 7) is 13.6. The summed E-state index contributed by atoms with van der Waals surface area (Å²) in [5, 5.41) is 23.2. The molecule has 51 heavy (non-hydrogen) atoms. The summed E-state index contributed by atoms with van der Waals surface area (Å²) in [7, 11) is 0. The summed E-state index contributed by atoms with van der Waals surface area (Å²) >= 11 is 2.37. The fourth-order valence-electron chi connectivity index (χ4n) is 5.50. The minimum Gasteiger partial charge on any atom is -0.480 e. The molecule has 1 aliphatic rings. The van der Waals surface area contributed by atoms with Crippen LogP contribution in [0.3, 0.4) is 0 Å². The third-order valence-corrected chi connectivity index (χ3v) is 10.3. The van der Waals surface area contributed by atoms with Gasteiger partial charge in [0.25, 0.3) is 0 Å². The van der Waals surface area contributed by atoms with Gasteiger partial charge in [-0.05, 0) is 54.4 Å². The van der Waals surface area contributed by atoms with E-state index in [-0.39, 0.29) is 29.0 Å². The highest BCUT2D eigenvalue weighted by atomic mass is 32.2. The Kier molecular flexibility index (Phi) is 14.6. The molecule has 0 spiro atoms. The number of carboxylic acid groups (broad SMARTS) is 2. The quantitative estimate of drug-likeness (QED) is 0.190. The minimum atomic E-state index is -1.22. The Bertz CT molecular complexity index is 1450. The molecule has 0 radical (unpaired) electrons. The third kappa shape index (κ3) is 13.3. The number of hydrogen-bond donors (Lipinski definition) is 4. The highest BCUT2D eigenvalue weighted by Gasteiger charge is 2.43. The predicted octanol–water partition coefficient (Wildman–Crippen LogP) is 4.03. The van der Waals surface area contributed by atoms with Crippen molar-refractivity contribution in [2.24, 2.45) is 11.8 Å². The maximum absolute atomic E-state index is 14.7. The van der Waals surface area contributed by atoms with Gasteiger partial charge >= 0.3 is 11.9 Å². The molecule has 0 aliphatic heterocycles. The highest BCUT2D eigenvalue weighted by molar-refractivity contribution is 7.99. The van der Waals surface area contributed by atoms with E-state index in [1.165, 1.54) is 62.2 Å². The van der Waals surface area contributed by atoms with Crippen molar-refractivity contribution in [2.75, 3.05) is 11.5 Å². The van der Waals surface area contributed by atoms with Gasteiger partial charge in [-0.25, -0.2) is 19.6 Å². The average Bonchev–Trinajstić information content (AvgIpc) is 2.99. The summed E-state index contributed by atoms with van der Waals surface area (Å²) in [5.74, 6) is -4.61. The molecule has 2 aromatic heterocycles. The van der Waals surface area contributed by atoms with Gasteiger partial charge in [0.15, 0.2) is 0 Å². The molecule has 1 aliphatic carbocycles. The summed E-state index contributed by atoms with van der Waals surface area (Å²) < 4.78 is 11.9. The van der Waals surface area contributed by atoms with Gasteiger partial charge in [-0.1, -0.05) is 6.42 Å². The van der Waals surface area contributed by atoms with Gasteiger partial charge in [-0.15, -0.1) is 23.5 Å². The second-order valence-corrected chi connectivity index (χ2v) is 16.6. The molecule has 0 bridgehead atoms. The molecule has 280 valence electrons. The van der Waals surface area contributed by atoms with Crippen LogP contribution < -0.4 is 20.1 Å². The Hall–Kier alpha value is -3.99. The summed E-state index contributed by atoms with van der Waals surface area (Å²) in [6.07, 6.45) is 7.49. The Morgan fingerprint density at radius 1 is 0.745 bits per heavy atom. The zero-order valence-electron chi connectivity index (χ0n) is 30.2. The van der Waals surface area contributed by atoms with Crippen LogP contribution in [0.15, 0.2) is 24.8 Å². The fraction of sp³-hybridized carbons (Fsp3) is 0.618. The van der Waals surface area contributed by atoms with E-state index < -0.39 is 69.4 Å². The second kappa shape index (κ2) is 18.0. The molecule has 2 aromatic rings. The number of carbonyl (C=O) groups excluding carboxylic acids is 3. The van der Waals surface area contributed by atoms with E-state index in [1.807, 2.05) is 41.5 Å². The summed E-state index contributed by atoms with van der Waals surface area (Å²) in [5.41, 5.74) is -0.366. The summed E-state index contributed by atoms with van der Waals surface area (Å²) in [6, 6.07) is -2.45. The lowest BCUT2D eigenvalue weighted by atomic mass is 9.76. The normalized spacial score (nSPS) is 18.9. The molecule has 6 atom stereocenters.